The SMILES string of the molecule is O=C(Nc1cccc(I)c1)c1ccc2c(c1)C(=O)N(Cc1ccco1)C2=O. The summed E-state index contributed by atoms with van der Waals surface area (Å²) in [5.74, 6) is -0.656. The third kappa shape index (κ3) is 3.37. The number of carbonyl (C=O) groups excluding carboxylic acids is 3. The van der Waals surface area contributed by atoms with Crippen LogP contribution < -0.4 is 5.32 Å². The Morgan fingerprint density at radius 3 is 2.56 bits per heavy atom. The van der Waals surface area contributed by atoms with Crippen molar-refractivity contribution in [2.24, 2.45) is 0 Å². The number of nitrogens with zero attached hydrogens (tertiary/aromatic N) is 1. The first-order valence-corrected chi connectivity index (χ1v) is 9.20. The van der Waals surface area contributed by atoms with Crippen LogP contribution in [0.2, 0.25) is 0 Å². The van der Waals surface area contributed by atoms with Gasteiger partial charge in [-0.1, -0.05) is 6.07 Å². The molecule has 2 aromatic carbocycles. The summed E-state index contributed by atoms with van der Waals surface area (Å²) in [6, 6.07) is 15.3. The second kappa shape index (κ2) is 6.99. The Hall–Kier alpha value is -2.94. The first kappa shape index (κ1) is 17.5. The number of fused-ring (bicyclic) bond motifs is 1. The molecule has 3 aromatic rings. The number of nitrogens with one attached hydrogen (secondary N) is 1. The van der Waals surface area contributed by atoms with Crippen molar-refractivity contribution in [2.45, 2.75) is 6.54 Å². The van der Waals surface area contributed by atoms with Crippen LogP contribution in [0.1, 0.15) is 36.8 Å². The highest BCUT2D eigenvalue weighted by atomic mass is 127. The molecule has 1 aliphatic rings. The Balaban J connectivity index is 1.58. The molecule has 0 saturated carbocycles. The summed E-state index contributed by atoms with van der Waals surface area (Å²) in [6.45, 7) is 0.0589. The van der Waals surface area contributed by atoms with Crippen molar-refractivity contribution in [3.63, 3.8) is 0 Å². The molecule has 7 heteroatoms. The Kier molecular flexibility index (Phi) is 4.53. The fraction of sp³-hybridized carbons (Fsp3) is 0.0500. The molecule has 1 aromatic heterocycles. The highest BCUT2D eigenvalue weighted by Crippen LogP contribution is 2.26. The summed E-state index contributed by atoms with van der Waals surface area (Å²) in [7, 11) is 0. The third-order valence-electron chi connectivity index (χ3n) is 4.21. The van der Waals surface area contributed by atoms with E-state index in [4.69, 9.17) is 4.42 Å². The lowest BCUT2D eigenvalue weighted by Crippen LogP contribution is -2.28. The molecule has 1 aliphatic heterocycles. The van der Waals surface area contributed by atoms with Crippen LogP contribution in [0.3, 0.4) is 0 Å². The van der Waals surface area contributed by atoms with Crippen molar-refractivity contribution in [2.75, 3.05) is 5.32 Å². The Labute approximate surface area is 168 Å². The second-order valence-electron chi connectivity index (χ2n) is 6.00. The predicted octanol–water partition coefficient (Wildman–Crippen LogP) is 3.93. The summed E-state index contributed by atoms with van der Waals surface area (Å²) in [6.07, 6.45) is 1.49. The Morgan fingerprint density at radius 2 is 1.81 bits per heavy atom. The summed E-state index contributed by atoms with van der Waals surface area (Å²) in [4.78, 5) is 38.8. The quantitative estimate of drug-likeness (QED) is 0.461. The van der Waals surface area contributed by atoms with E-state index in [9.17, 15) is 14.4 Å². The van der Waals surface area contributed by atoms with Gasteiger partial charge in [0.25, 0.3) is 17.7 Å². The smallest absolute Gasteiger partial charge is 0.261 e. The van der Waals surface area contributed by atoms with Gasteiger partial charge in [0.1, 0.15) is 5.76 Å². The van der Waals surface area contributed by atoms with E-state index in [1.807, 2.05) is 18.2 Å². The number of hydrogen-bond donors (Lipinski definition) is 1. The lowest BCUT2D eigenvalue weighted by atomic mass is 10.1. The Bertz CT molecular complexity index is 1060. The van der Waals surface area contributed by atoms with Crippen LogP contribution in [0.25, 0.3) is 0 Å². The summed E-state index contributed by atoms with van der Waals surface area (Å²) in [5.41, 5.74) is 1.49. The molecule has 3 amide bonds. The molecule has 0 aliphatic carbocycles. The van der Waals surface area contributed by atoms with Crippen LogP contribution in [0, 0.1) is 3.57 Å². The number of imide groups is 1. The van der Waals surface area contributed by atoms with Gasteiger partial charge in [0.15, 0.2) is 0 Å². The van der Waals surface area contributed by atoms with E-state index >= 15 is 0 Å². The van der Waals surface area contributed by atoms with Gasteiger partial charge < -0.3 is 9.73 Å². The monoisotopic (exact) mass is 472 g/mol. The van der Waals surface area contributed by atoms with E-state index in [2.05, 4.69) is 27.9 Å². The average molecular weight is 472 g/mol. The molecule has 2 heterocycles. The van der Waals surface area contributed by atoms with Crippen molar-refractivity contribution in [1.29, 1.82) is 0 Å². The molecule has 0 atom stereocenters. The second-order valence-corrected chi connectivity index (χ2v) is 7.25. The van der Waals surface area contributed by atoms with Crippen molar-refractivity contribution < 1.29 is 18.8 Å². The predicted molar refractivity (Wildman–Crippen MR) is 106 cm³/mol. The molecule has 0 spiro atoms. The maximum atomic E-state index is 12.6. The minimum atomic E-state index is -0.435. The average Bonchev–Trinajstić information content (AvgIpc) is 3.25. The van der Waals surface area contributed by atoms with Crippen LogP contribution in [0.4, 0.5) is 5.69 Å². The topological polar surface area (TPSA) is 79.6 Å². The molecular weight excluding hydrogens is 459 g/mol. The third-order valence-corrected chi connectivity index (χ3v) is 4.88. The van der Waals surface area contributed by atoms with E-state index in [-0.39, 0.29) is 23.6 Å². The number of benzene rings is 2. The molecule has 1 N–H and O–H groups in total. The molecule has 27 heavy (non-hydrogen) atoms. The van der Waals surface area contributed by atoms with E-state index in [1.54, 1.807) is 24.3 Å². The molecule has 0 unspecified atom stereocenters. The number of furan rings is 1. The van der Waals surface area contributed by atoms with Crippen LogP contribution in [-0.4, -0.2) is 22.6 Å². The summed E-state index contributed by atoms with van der Waals surface area (Å²) >= 11 is 2.16. The van der Waals surface area contributed by atoms with Crippen LogP contribution in [-0.2, 0) is 6.54 Å². The fourth-order valence-corrected chi connectivity index (χ4v) is 3.45. The largest absolute Gasteiger partial charge is 0.467 e. The van der Waals surface area contributed by atoms with Gasteiger partial charge in [-0.3, -0.25) is 19.3 Å². The molecule has 0 fully saturated rings. The number of anilines is 1. The van der Waals surface area contributed by atoms with E-state index < -0.39 is 11.8 Å². The van der Waals surface area contributed by atoms with Crippen molar-refractivity contribution in [3.05, 3.63) is 86.9 Å². The fourth-order valence-electron chi connectivity index (χ4n) is 2.90. The zero-order chi connectivity index (χ0) is 19.0. The summed E-state index contributed by atoms with van der Waals surface area (Å²) in [5, 5.41) is 2.80. The zero-order valence-electron chi connectivity index (χ0n) is 13.9. The molecule has 134 valence electrons. The number of hydrogen-bond acceptors (Lipinski definition) is 4. The highest BCUT2D eigenvalue weighted by Gasteiger charge is 2.36. The Morgan fingerprint density at radius 1 is 1.00 bits per heavy atom. The molecule has 0 bridgehead atoms. The molecular formula is C20H13IN2O4. The van der Waals surface area contributed by atoms with Crippen LogP contribution in [0.5, 0.6) is 0 Å². The number of halogens is 1. The minimum Gasteiger partial charge on any atom is -0.467 e. The van der Waals surface area contributed by atoms with Gasteiger partial charge in [0.05, 0.1) is 23.9 Å². The first-order valence-electron chi connectivity index (χ1n) is 8.12. The zero-order valence-corrected chi connectivity index (χ0v) is 16.1. The number of amides is 3. The lowest BCUT2D eigenvalue weighted by molar-refractivity contribution is 0.0631. The number of carbonyl (C=O) groups is 3. The van der Waals surface area contributed by atoms with Gasteiger partial charge >= 0.3 is 0 Å². The standard InChI is InChI=1S/C20H13IN2O4/c21-13-3-1-4-14(10-13)22-18(24)12-6-7-16-17(9-12)20(26)23(19(16)25)11-15-5-2-8-27-15/h1-10H,11H2,(H,22,24). The van der Waals surface area contributed by atoms with E-state index in [1.165, 1.54) is 18.4 Å². The van der Waals surface area contributed by atoms with E-state index in [0.717, 1.165) is 8.47 Å². The van der Waals surface area contributed by atoms with Gasteiger partial charge in [0, 0.05) is 14.8 Å². The van der Waals surface area contributed by atoms with Gasteiger partial charge in [-0.2, -0.15) is 0 Å². The highest BCUT2D eigenvalue weighted by molar-refractivity contribution is 14.1. The van der Waals surface area contributed by atoms with Crippen LogP contribution in [0.15, 0.2) is 65.3 Å². The summed E-state index contributed by atoms with van der Waals surface area (Å²) < 4.78 is 6.21. The number of rotatable bonds is 4. The van der Waals surface area contributed by atoms with Gasteiger partial charge in [-0.15, -0.1) is 0 Å². The minimum absolute atomic E-state index is 0.0589. The molecule has 0 saturated heterocycles. The molecule has 4 rings (SSSR count). The van der Waals surface area contributed by atoms with Crippen molar-refractivity contribution in [3.8, 4) is 0 Å². The van der Waals surface area contributed by atoms with E-state index in [0.29, 0.717) is 17.0 Å². The lowest BCUT2D eigenvalue weighted by Gasteiger charge is -2.11. The van der Waals surface area contributed by atoms with Crippen LogP contribution >= 0.6 is 22.6 Å². The van der Waals surface area contributed by atoms with Crippen molar-refractivity contribution >= 4 is 46.0 Å². The maximum Gasteiger partial charge on any atom is 0.261 e. The normalized spacial score (nSPS) is 13.0. The van der Waals surface area contributed by atoms with Gasteiger partial charge in [-0.25, -0.2) is 0 Å². The first-order chi connectivity index (χ1) is 13.0. The van der Waals surface area contributed by atoms with Gasteiger partial charge in [-0.05, 0) is 71.1 Å². The maximum absolute atomic E-state index is 12.6. The molecule has 0 radical (unpaired) electrons. The van der Waals surface area contributed by atoms with Gasteiger partial charge in [0.2, 0.25) is 0 Å². The van der Waals surface area contributed by atoms with Crippen molar-refractivity contribution in [1.82, 2.24) is 4.90 Å². The molecule has 6 nitrogen and oxygen atoms in total.